The first-order chi connectivity index (χ1) is 15.4. The number of aliphatic hydroxyl groups excluding tert-OH is 1. The third-order valence-corrected chi connectivity index (χ3v) is 6.81. The van der Waals surface area contributed by atoms with E-state index < -0.39 is 6.10 Å². The summed E-state index contributed by atoms with van der Waals surface area (Å²) in [5.41, 5.74) is 2.06. The molecule has 6 nitrogen and oxygen atoms in total. The molecule has 1 aliphatic heterocycles. The maximum Gasteiger partial charge on any atom is 0.268 e. The average molecular weight is 476 g/mol. The monoisotopic (exact) mass is 475 g/mol. The highest BCUT2D eigenvalue weighted by Gasteiger charge is 2.41. The SMILES string of the molecule is COc1ccc([C@@H]2[C@H](C)C(C(=O)N[C@@H]3CCCC[C@H]3O)=NN2c2ccc(Cl)cc2Cl)cc1. The quantitative estimate of drug-likeness (QED) is 0.639. The van der Waals surface area contributed by atoms with E-state index in [2.05, 4.69) is 5.32 Å². The lowest BCUT2D eigenvalue weighted by atomic mass is 9.89. The number of rotatable bonds is 5. The highest BCUT2D eigenvalue weighted by Crippen LogP contribution is 2.42. The minimum absolute atomic E-state index is 0.212. The number of aliphatic hydroxyl groups is 1. The van der Waals surface area contributed by atoms with E-state index in [1.807, 2.05) is 37.3 Å². The van der Waals surface area contributed by atoms with Crippen LogP contribution in [0.3, 0.4) is 0 Å². The van der Waals surface area contributed by atoms with Gasteiger partial charge in [-0.2, -0.15) is 5.10 Å². The molecule has 1 aliphatic carbocycles. The van der Waals surface area contributed by atoms with Crippen molar-refractivity contribution in [3.8, 4) is 5.75 Å². The van der Waals surface area contributed by atoms with Crippen LogP contribution in [0.5, 0.6) is 5.75 Å². The van der Waals surface area contributed by atoms with Gasteiger partial charge in [0.05, 0.1) is 36.0 Å². The van der Waals surface area contributed by atoms with Gasteiger partial charge in [0, 0.05) is 10.9 Å². The van der Waals surface area contributed by atoms with Gasteiger partial charge in [0.2, 0.25) is 0 Å². The summed E-state index contributed by atoms with van der Waals surface area (Å²) in [5.74, 6) is 0.283. The molecular formula is C24H27Cl2N3O3. The molecule has 0 spiro atoms. The van der Waals surface area contributed by atoms with E-state index in [4.69, 9.17) is 33.0 Å². The van der Waals surface area contributed by atoms with Crippen LogP contribution in [-0.4, -0.2) is 36.0 Å². The number of ether oxygens (including phenoxy) is 1. The summed E-state index contributed by atoms with van der Waals surface area (Å²) in [6, 6.07) is 12.5. The number of halogens is 2. The van der Waals surface area contributed by atoms with Crippen LogP contribution >= 0.6 is 23.2 Å². The highest BCUT2D eigenvalue weighted by atomic mass is 35.5. The number of amides is 1. The lowest BCUT2D eigenvalue weighted by molar-refractivity contribution is -0.116. The molecule has 4 atom stereocenters. The van der Waals surface area contributed by atoms with Gasteiger partial charge in [0.15, 0.2) is 0 Å². The van der Waals surface area contributed by atoms with Gasteiger partial charge in [-0.1, -0.05) is 55.1 Å². The van der Waals surface area contributed by atoms with Crippen molar-refractivity contribution in [2.45, 2.75) is 50.8 Å². The number of hydrazone groups is 1. The number of hydrogen-bond acceptors (Lipinski definition) is 5. The number of carbonyl (C=O) groups excluding carboxylic acids is 1. The van der Waals surface area contributed by atoms with Gasteiger partial charge in [-0.05, 0) is 48.7 Å². The third kappa shape index (κ3) is 4.58. The van der Waals surface area contributed by atoms with Gasteiger partial charge in [-0.15, -0.1) is 0 Å². The van der Waals surface area contributed by atoms with Crippen LogP contribution in [0.1, 0.15) is 44.2 Å². The second-order valence-corrected chi connectivity index (χ2v) is 9.21. The molecule has 2 N–H and O–H groups in total. The number of nitrogens with zero attached hydrogens (tertiary/aromatic N) is 2. The Bertz CT molecular complexity index is 1010. The van der Waals surface area contributed by atoms with E-state index >= 15 is 0 Å². The molecule has 170 valence electrons. The lowest BCUT2D eigenvalue weighted by Crippen LogP contribution is -2.48. The first-order valence-electron chi connectivity index (χ1n) is 10.8. The number of carbonyl (C=O) groups is 1. The fourth-order valence-corrected chi connectivity index (χ4v) is 5.00. The first-order valence-corrected chi connectivity index (χ1v) is 11.6. The second-order valence-electron chi connectivity index (χ2n) is 8.36. The Balaban J connectivity index is 1.68. The Morgan fingerprint density at radius 2 is 1.88 bits per heavy atom. The van der Waals surface area contributed by atoms with Gasteiger partial charge in [0.25, 0.3) is 5.91 Å². The number of hydrogen-bond donors (Lipinski definition) is 2. The van der Waals surface area contributed by atoms with Crippen LogP contribution in [0.2, 0.25) is 10.0 Å². The van der Waals surface area contributed by atoms with E-state index in [0.29, 0.717) is 27.9 Å². The molecule has 2 aromatic carbocycles. The molecule has 4 rings (SSSR count). The molecule has 0 radical (unpaired) electrons. The van der Waals surface area contributed by atoms with E-state index in [1.165, 1.54) is 0 Å². The molecule has 2 aliphatic rings. The van der Waals surface area contributed by atoms with Crippen LogP contribution in [0.4, 0.5) is 5.69 Å². The summed E-state index contributed by atoms with van der Waals surface area (Å²) in [4.78, 5) is 13.2. The Labute approximate surface area is 198 Å². The zero-order valence-electron chi connectivity index (χ0n) is 18.1. The number of methoxy groups -OCH3 is 1. The van der Waals surface area contributed by atoms with Gasteiger partial charge in [-0.3, -0.25) is 9.80 Å². The maximum absolute atomic E-state index is 13.2. The van der Waals surface area contributed by atoms with Crippen LogP contribution in [0.15, 0.2) is 47.6 Å². The van der Waals surface area contributed by atoms with Crippen molar-refractivity contribution in [1.82, 2.24) is 5.32 Å². The van der Waals surface area contributed by atoms with Crippen molar-refractivity contribution in [2.24, 2.45) is 11.0 Å². The van der Waals surface area contributed by atoms with Crippen molar-refractivity contribution >= 4 is 40.5 Å². The third-order valence-electron chi connectivity index (χ3n) is 6.28. The van der Waals surface area contributed by atoms with E-state index in [0.717, 1.165) is 30.6 Å². The van der Waals surface area contributed by atoms with E-state index in [-0.39, 0.29) is 23.9 Å². The van der Waals surface area contributed by atoms with Crippen LogP contribution in [0, 0.1) is 5.92 Å². The topological polar surface area (TPSA) is 74.2 Å². The molecule has 0 saturated heterocycles. The lowest BCUT2D eigenvalue weighted by Gasteiger charge is -2.29. The number of benzene rings is 2. The molecule has 1 heterocycles. The molecule has 8 heteroatoms. The average Bonchev–Trinajstić information content (AvgIpc) is 3.12. The number of nitrogens with one attached hydrogen (secondary N) is 1. The summed E-state index contributed by atoms with van der Waals surface area (Å²) in [6.45, 7) is 1.98. The van der Waals surface area contributed by atoms with Gasteiger partial charge >= 0.3 is 0 Å². The standard InChI is InChI=1S/C24H27Cl2N3O3/c1-14-22(24(31)27-19-5-3-4-6-21(19)30)28-29(20-12-9-16(25)13-18(20)26)23(14)15-7-10-17(32-2)11-8-15/h7-14,19,21,23,30H,3-6H2,1-2H3,(H,27,31)/t14-,19-,21-,23+/m1/s1. The molecular weight excluding hydrogens is 449 g/mol. The van der Waals surface area contributed by atoms with E-state index in [9.17, 15) is 9.90 Å². The summed E-state index contributed by atoms with van der Waals surface area (Å²) in [7, 11) is 1.62. The zero-order chi connectivity index (χ0) is 22.8. The Morgan fingerprint density at radius 1 is 1.16 bits per heavy atom. The number of anilines is 1. The molecule has 1 amide bonds. The summed E-state index contributed by atoms with van der Waals surface area (Å²) in [5, 5.41) is 20.8. The molecule has 1 saturated carbocycles. The fourth-order valence-electron chi connectivity index (χ4n) is 4.51. The molecule has 0 bridgehead atoms. The van der Waals surface area contributed by atoms with Crippen molar-refractivity contribution in [1.29, 1.82) is 0 Å². The zero-order valence-corrected chi connectivity index (χ0v) is 19.6. The van der Waals surface area contributed by atoms with Crippen LogP contribution in [-0.2, 0) is 4.79 Å². The Kier molecular flexibility index (Phi) is 6.93. The molecule has 2 aromatic rings. The van der Waals surface area contributed by atoms with E-state index in [1.54, 1.807) is 24.3 Å². The Hall–Kier alpha value is -2.28. The predicted octanol–water partition coefficient (Wildman–Crippen LogP) is 4.98. The smallest absolute Gasteiger partial charge is 0.268 e. The largest absolute Gasteiger partial charge is 0.497 e. The van der Waals surface area contributed by atoms with Gasteiger partial charge in [0.1, 0.15) is 11.5 Å². The first kappa shape index (κ1) is 22.9. The van der Waals surface area contributed by atoms with Crippen LogP contribution < -0.4 is 15.1 Å². The summed E-state index contributed by atoms with van der Waals surface area (Å²) < 4.78 is 5.29. The van der Waals surface area contributed by atoms with Gasteiger partial charge in [-0.25, -0.2) is 0 Å². The van der Waals surface area contributed by atoms with Crippen molar-refractivity contribution in [3.63, 3.8) is 0 Å². The van der Waals surface area contributed by atoms with Gasteiger partial charge < -0.3 is 15.2 Å². The summed E-state index contributed by atoms with van der Waals surface area (Å²) in [6.07, 6.45) is 2.92. The predicted molar refractivity (Wildman–Crippen MR) is 128 cm³/mol. The molecule has 0 aromatic heterocycles. The highest BCUT2D eigenvalue weighted by molar-refractivity contribution is 6.41. The summed E-state index contributed by atoms with van der Waals surface area (Å²) >= 11 is 12.6. The molecule has 32 heavy (non-hydrogen) atoms. The van der Waals surface area contributed by atoms with Crippen LogP contribution in [0.25, 0.3) is 0 Å². The minimum atomic E-state index is -0.524. The Morgan fingerprint density at radius 3 is 2.53 bits per heavy atom. The normalized spacial score (nSPS) is 25.4. The van der Waals surface area contributed by atoms with Crippen molar-refractivity contribution in [3.05, 3.63) is 58.1 Å². The fraction of sp³-hybridized carbons (Fsp3) is 0.417. The molecule has 0 unspecified atom stereocenters. The van der Waals surface area contributed by atoms with Crippen molar-refractivity contribution < 1.29 is 14.6 Å². The molecule has 1 fully saturated rings. The second kappa shape index (κ2) is 9.69. The van der Waals surface area contributed by atoms with Crippen molar-refractivity contribution in [2.75, 3.05) is 12.1 Å². The maximum atomic E-state index is 13.2. The minimum Gasteiger partial charge on any atom is -0.497 e.